The van der Waals surface area contributed by atoms with Crippen LogP contribution in [0.2, 0.25) is 0 Å². The average Bonchev–Trinajstić information content (AvgIpc) is 3.27. The van der Waals surface area contributed by atoms with Crippen molar-refractivity contribution in [3.05, 3.63) is 167 Å². The first-order valence-electron chi connectivity index (χ1n) is 21.4. The van der Waals surface area contributed by atoms with Crippen molar-refractivity contribution in [2.45, 2.75) is 91.9 Å². The molecule has 0 aliphatic heterocycles. The van der Waals surface area contributed by atoms with E-state index in [1.54, 1.807) is 0 Å². The van der Waals surface area contributed by atoms with Gasteiger partial charge in [-0.2, -0.15) is 10.5 Å². The van der Waals surface area contributed by atoms with E-state index in [4.69, 9.17) is 4.55 Å². The highest BCUT2D eigenvalue weighted by Crippen LogP contribution is 2.51. The fraction of sp³-hybridized carbons (Fsp3) is 0.250. The van der Waals surface area contributed by atoms with E-state index in [-0.39, 0.29) is 22.7 Å². The number of nitrogens with zero attached hydrogens (tertiary/aromatic N) is 4. The number of rotatable bonds is 8. The lowest BCUT2D eigenvalue weighted by atomic mass is 9.83. The predicted octanol–water partition coefficient (Wildman–Crippen LogP) is 16.5. The molecule has 6 heteroatoms. The molecule has 0 saturated carbocycles. The molecule has 8 rings (SSSR count). The summed E-state index contributed by atoms with van der Waals surface area (Å²) in [4.78, 5) is 4.74. The van der Waals surface area contributed by atoms with E-state index in [1.807, 2.05) is 24.3 Å². The molecule has 0 unspecified atom stereocenters. The number of benzene rings is 8. The van der Waals surface area contributed by atoms with Gasteiger partial charge in [-0.25, -0.2) is 0 Å². The third-order valence-electron chi connectivity index (χ3n) is 12.1. The minimum atomic E-state index is 0.0156. The van der Waals surface area contributed by atoms with Crippen LogP contribution in [0.1, 0.15) is 114 Å². The SMILES string of the molecule is CC(C)c1cc(N(c2ccc(C#N)cc2)c2ccc(C(C)(C)C)cc2)c2ccc3c(C(C)C)cc(N(c4ccc(C#N)cc4)c4ccc(C(C)(C)C)cc4)c4ccc1c2c34.OS. The highest BCUT2D eigenvalue weighted by atomic mass is 32.1. The predicted molar refractivity (Wildman–Crippen MR) is 266 cm³/mol. The van der Waals surface area contributed by atoms with E-state index in [1.165, 1.54) is 54.6 Å². The Kier molecular flexibility index (Phi) is 12.2. The summed E-state index contributed by atoms with van der Waals surface area (Å²) in [5, 5.41) is 26.9. The summed E-state index contributed by atoms with van der Waals surface area (Å²) in [6.07, 6.45) is 0. The van der Waals surface area contributed by atoms with E-state index >= 15 is 0 Å². The largest absolute Gasteiger partial charge is 0.333 e. The minimum absolute atomic E-state index is 0.0156. The van der Waals surface area contributed by atoms with Gasteiger partial charge in [0, 0.05) is 33.5 Å². The standard InChI is InChI=1S/C56H54N4.H2OS/c1-35(2)49-31-51(59(41-19-11-37(33-57)12-20-41)43-23-15-39(16-24-43)55(5,6)7)47-30-28-46-50(36(3)4)32-52(48-29-27-45(49)53(47)54(46)48)60(42-21-13-38(34-58)14-22-42)44-25-17-40(18-26-44)56(8,9)10;1-2/h11-32,35-36H,1-10H3;1-2H. The molecular weight excluding hydrogens is 777 g/mol. The smallest absolute Gasteiger partial charge is 0.0991 e. The van der Waals surface area contributed by atoms with Crippen molar-refractivity contribution in [2.24, 2.45) is 0 Å². The van der Waals surface area contributed by atoms with Crippen molar-refractivity contribution in [3.8, 4) is 12.1 Å². The van der Waals surface area contributed by atoms with Crippen LogP contribution in [0, 0.1) is 22.7 Å². The van der Waals surface area contributed by atoms with Gasteiger partial charge in [-0.05, 0) is 164 Å². The molecule has 8 aromatic rings. The lowest BCUT2D eigenvalue weighted by Crippen LogP contribution is -2.14. The highest BCUT2D eigenvalue weighted by Gasteiger charge is 2.27. The molecule has 5 nitrogen and oxygen atoms in total. The molecule has 0 amide bonds. The zero-order chi connectivity index (χ0) is 44.7. The summed E-state index contributed by atoms with van der Waals surface area (Å²) in [5.74, 6) is 0.500. The molecule has 0 fully saturated rings. The van der Waals surface area contributed by atoms with Gasteiger partial charge < -0.3 is 14.4 Å². The van der Waals surface area contributed by atoms with Crippen LogP contribution in [0.3, 0.4) is 0 Å². The van der Waals surface area contributed by atoms with Gasteiger partial charge in [0.1, 0.15) is 0 Å². The summed E-state index contributed by atoms with van der Waals surface area (Å²) in [5.41, 5.74) is 12.7. The molecule has 0 radical (unpaired) electrons. The zero-order valence-electron chi connectivity index (χ0n) is 37.5. The first-order valence-corrected chi connectivity index (χ1v) is 21.8. The number of hydrogen-bond acceptors (Lipinski definition) is 6. The van der Waals surface area contributed by atoms with Crippen LogP contribution in [0.25, 0.3) is 32.3 Å². The number of nitriles is 2. The molecule has 0 spiro atoms. The highest BCUT2D eigenvalue weighted by molar-refractivity contribution is 7.74. The maximum Gasteiger partial charge on any atom is 0.0991 e. The summed E-state index contributed by atoms with van der Waals surface area (Å²) >= 11 is 2.53. The van der Waals surface area contributed by atoms with Crippen LogP contribution in [-0.4, -0.2) is 4.55 Å². The lowest BCUT2D eigenvalue weighted by Gasteiger charge is -2.32. The second-order valence-corrected chi connectivity index (χ2v) is 18.9. The lowest BCUT2D eigenvalue weighted by molar-refractivity contribution is 0.590. The van der Waals surface area contributed by atoms with Gasteiger partial charge in [0.15, 0.2) is 0 Å². The molecule has 1 N–H and O–H groups in total. The van der Waals surface area contributed by atoms with E-state index < -0.39 is 0 Å². The Morgan fingerprint density at radius 1 is 0.435 bits per heavy atom. The molecule has 0 atom stereocenters. The van der Waals surface area contributed by atoms with Crippen molar-refractivity contribution in [1.29, 1.82) is 10.5 Å². The van der Waals surface area contributed by atoms with Gasteiger partial charge in [0.25, 0.3) is 0 Å². The normalized spacial score (nSPS) is 11.8. The maximum absolute atomic E-state index is 9.76. The van der Waals surface area contributed by atoms with Crippen molar-refractivity contribution in [2.75, 3.05) is 9.80 Å². The molecule has 0 aliphatic rings. The van der Waals surface area contributed by atoms with Crippen LogP contribution in [0.5, 0.6) is 0 Å². The topological polar surface area (TPSA) is 74.3 Å². The third kappa shape index (κ3) is 8.10. The molecule has 0 bridgehead atoms. The van der Waals surface area contributed by atoms with Crippen molar-refractivity contribution in [1.82, 2.24) is 0 Å². The maximum atomic E-state index is 9.76. The number of thiol groups is 1. The van der Waals surface area contributed by atoms with Gasteiger partial charge >= 0.3 is 0 Å². The van der Waals surface area contributed by atoms with Gasteiger partial charge in [0.05, 0.1) is 34.6 Å². The fourth-order valence-corrected chi connectivity index (χ4v) is 8.78. The van der Waals surface area contributed by atoms with E-state index in [2.05, 4.69) is 213 Å². The zero-order valence-corrected chi connectivity index (χ0v) is 38.4. The van der Waals surface area contributed by atoms with Crippen LogP contribution >= 0.6 is 12.9 Å². The molecule has 0 saturated heterocycles. The Hall–Kier alpha value is -6.31. The van der Waals surface area contributed by atoms with Gasteiger partial charge in [-0.15, -0.1) is 0 Å². The van der Waals surface area contributed by atoms with Crippen LogP contribution in [0.4, 0.5) is 34.1 Å². The number of anilines is 6. The Balaban J connectivity index is 0.00000285. The number of hydrogen-bond donors (Lipinski definition) is 2. The molecule has 0 heterocycles. The van der Waals surface area contributed by atoms with Crippen molar-refractivity contribution >= 4 is 79.4 Å². The van der Waals surface area contributed by atoms with Crippen LogP contribution < -0.4 is 9.80 Å². The fourth-order valence-electron chi connectivity index (χ4n) is 8.78. The van der Waals surface area contributed by atoms with Crippen LogP contribution in [0.15, 0.2) is 133 Å². The third-order valence-corrected chi connectivity index (χ3v) is 12.1. The summed E-state index contributed by atoms with van der Waals surface area (Å²) in [6, 6.07) is 52.6. The summed E-state index contributed by atoms with van der Waals surface area (Å²) in [7, 11) is 0. The van der Waals surface area contributed by atoms with E-state index in [0.717, 1.165) is 34.1 Å². The second kappa shape index (κ2) is 17.2. The Bertz CT molecular complexity index is 2740. The summed E-state index contributed by atoms with van der Waals surface area (Å²) < 4.78 is 6.69. The molecular formula is C56H56N4OS. The molecule has 0 aliphatic carbocycles. The Labute approximate surface area is 373 Å². The second-order valence-electron chi connectivity index (χ2n) is 18.9. The Morgan fingerprint density at radius 2 is 0.710 bits per heavy atom. The average molecular weight is 833 g/mol. The summed E-state index contributed by atoms with van der Waals surface area (Å²) in [6.45, 7) is 22.7. The van der Waals surface area contributed by atoms with Crippen molar-refractivity contribution < 1.29 is 4.55 Å². The molecule has 312 valence electrons. The van der Waals surface area contributed by atoms with Crippen molar-refractivity contribution in [3.63, 3.8) is 0 Å². The van der Waals surface area contributed by atoms with Gasteiger partial charge in [0.2, 0.25) is 0 Å². The van der Waals surface area contributed by atoms with Gasteiger partial charge in [-0.1, -0.05) is 118 Å². The molecule has 62 heavy (non-hydrogen) atoms. The quantitative estimate of drug-likeness (QED) is 0.0906. The Morgan fingerprint density at radius 3 is 0.968 bits per heavy atom. The molecule has 0 aromatic heterocycles. The van der Waals surface area contributed by atoms with E-state index in [0.29, 0.717) is 11.1 Å². The van der Waals surface area contributed by atoms with Crippen LogP contribution in [-0.2, 0) is 10.8 Å². The van der Waals surface area contributed by atoms with E-state index in [9.17, 15) is 10.5 Å². The first-order chi connectivity index (χ1) is 29.6. The first kappa shape index (κ1) is 43.8. The molecule has 8 aromatic carbocycles. The minimum Gasteiger partial charge on any atom is -0.333 e. The monoisotopic (exact) mass is 832 g/mol. The van der Waals surface area contributed by atoms with Gasteiger partial charge in [-0.3, -0.25) is 0 Å².